The maximum atomic E-state index is 13.4. The van der Waals surface area contributed by atoms with Gasteiger partial charge in [0.05, 0.1) is 14.9 Å². The Kier molecular flexibility index (Phi) is 38.1. The molecule has 4 aromatic carbocycles. The topological polar surface area (TPSA) is 323 Å². The van der Waals surface area contributed by atoms with Gasteiger partial charge in [-0.2, -0.15) is 16.6 Å². The summed E-state index contributed by atoms with van der Waals surface area (Å²) in [6.07, 6.45) is 9.05. The molecule has 0 saturated carbocycles. The molecule has 2 aliphatic heterocycles. The number of carboxylic acid groups (broad SMARTS) is 1. The van der Waals surface area contributed by atoms with E-state index < -0.39 is 52.9 Å². The van der Waals surface area contributed by atoms with Crippen LogP contribution in [-0.4, -0.2) is 119 Å². The summed E-state index contributed by atoms with van der Waals surface area (Å²) in [5, 5.41) is 39.1. The van der Waals surface area contributed by atoms with Crippen molar-refractivity contribution in [1.29, 1.82) is 0 Å². The van der Waals surface area contributed by atoms with Gasteiger partial charge < -0.3 is 32.3 Å². The summed E-state index contributed by atoms with van der Waals surface area (Å²) in [6.45, 7) is 16.4. The fourth-order valence-electron chi connectivity index (χ4n) is 7.61. The Bertz CT molecular complexity index is 4170. The van der Waals surface area contributed by atoms with Crippen molar-refractivity contribution in [3.63, 3.8) is 0 Å². The second-order valence-electron chi connectivity index (χ2n) is 23.0. The van der Waals surface area contributed by atoms with Gasteiger partial charge in [-0.05, 0) is 147 Å². The Labute approximate surface area is 647 Å². The van der Waals surface area contributed by atoms with Crippen molar-refractivity contribution in [2.75, 3.05) is 35.8 Å². The fraction of sp³-hybridized carbons (Fsp3) is 0.303. The van der Waals surface area contributed by atoms with E-state index in [0.717, 1.165) is 65.6 Å². The van der Waals surface area contributed by atoms with Gasteiger partial charge in [0.15, 0.2) is 20.5 Å². The maximum Gasteiger partial charge on any atom is 1.00 e. The number of carbonyl (C=O) groups excluding carboxylic acids is 6. The van der Waals surface area contributed by atoms with Gasteiger partial charge in [0.25, 0.3) is 5.91 Å². The molecule has 103 heavy (non-hydrogen) atoms. The first-order valence-electron chi connectivity index (χ1n) is 30.0. The molecule has 23 nitrogen and oxygen atoms in total. The number of benzene rings is 4. The van der Waals surface area contributed by atoms with Gasteiger partial charge in [-0.1, -0.05) is 82.4 Å². The van der Waals surface area contributed by atoms with Gasteiger partial charge in [-0.15, -0.1) is 22.7 Å². The van der Waals surface area contributed by atoms with Crippen LogP contribution >= 0.6 is 108 Å². The molecule has 0 aliphatic carbocycles. The molecule has 0 saturated heterocycles. The Hall–Kier alpha value is -7.45. The van der Waals surface area contributed by atoms with Crippen LogP contribution in [0.3, 0.4) is 0 Å². The van der Waals surface area contributed by atoms with Crippen molar-refractivity contribution in [3.8, 4) is 0 Å². The number of nitrogens with two attached hydrogens (primary N) is 1. The molecule has 0 spiro atoms. The Balaban J connectivity index is 0.000000326. The summed E-state index contributed by atoms with van der Waals surface area (Å²) in [4.78, 5) is 96.0. The number of nitrogen functional groups attached to an aromatic ring is 1. The van der Waals surface area contributed by atoms with Gasteiger partial charge >= 0.3 is 37.0 Å². The number of aliphatic hydroxyl groups excluding tert-OH is 1. The summed E-state index contributed by atoms with van der Waals surface area (Å²) in [6, 6.07) is 16.3. The smallest absolute Gasteiger partial charge is 0.477 e. The number of halogens is 9. The number of aldehydes is 1. The molecule has 1 unspecified atom stereocenters. The summed E-state index contributed by atoms with van der Waals surface area (Å²) in [5.74, 6) is -3.45. The molecule has 6 heterocycles. The molecule has 37 heteroatoms. The number of aliphatic carboxylic acids is 1. The number of hydrogen-bond acceptors (Lipinski definition) is 21. The summed E-state index contributed by atoms with van der Waals surface area (Å²) in [5.41, 5.74) is 6.84. The second-order valence-corrected chi connectivity index (χ2v) is 30.4. The summed E-state index contributed by atoms with van der Waals surface area (Å²) >= 11 is 31.1. The number of aromatic nitrogens is 4. The minimum absolute atomic E-state index is 0. The zero-order valence-electron chi connectivity index (χ0n) is 57.0. The molecule has 10 rings (SSSR count). The molecule has 7 N–H and O–H groups in total. The molecule has 1 atom stereocenters. The molecule has 0 radical (unpaired) electrons. The number of rotatable bonds is 13. The molecular weight excluding hydrogens is 1570 g/mol. The van der Waals surface area contributed by atoms with E-state index in [1.807, 2.05) is 20.8 Å². The van der Waals surface area contributed by atoms with Crippen molar-refractivity contribution >= 4 is 182 Å². The SMILES string of the molecule is CC(C)(C)OC(=O)Nc1ncc(Br)s1.CC(C)(C)OC(=O)Nc1ncc(C(O)c2cc(F)cc(Cl)c2)s1.CN1N=C(C(=O)Nc2ncc(Cc3cc(F)cc(Cl)c3)s2)CCC1=O.CN1N=C(C(=O)O)CCC1=O.Nc1ncc(Cc2cc(F)cc(Cl)c2)s1.O=Cc1cc(F)cc(Cl)c1.[CH2-]CCC.[Li+]. The van der Waals surface area contributed by atoms with Crippen molar-refractivity contribution in [1.82, 2.24) is 30.0 Å². The van der Waals surface area contributed by atoms with Gasteiger partial charge in [0, 0.05) is 107 Å². The van der Waals surface area contributed by atoms with E-state index in [0.29, 0.717) is 61.4 Å². The quantitative estimate of drug-likeness (QED) is 0.0270. The number of carbonyl (C=O) groups is 7. The van der Waals surface area contributed by atoms with Crippen LogP contribution in [0.15, 0.2) is 112 Å². The number of unbranched alkanes of at least 4 members (excludes halogenated alkanes) is 1. The zero-order chi connectivity index (χ0) is 76.2. The number of hydrazone groups is 2. The van der Waals surface area contributed by atoms with Gasteiger partial charge in [-0.3, -0.25) is 35.1 Å². The van der Waals surface area contributed by atoms with E-state index in [9.17, 15) is 56.2 Å². The molecule has 4 aromatic heterocycles. The van der Waals surface area contributed by atoms with Crippen LogP contribution in [0.2, 0.25) is 20.1 Å². The van der Waals surface area contributed by atoms with E-state index in [2.05, 4.69) is 75.9 Å². The number of nitrogens with zero attached hydrogens (tertiary/aromatic N) is 8. The summed E-state index contributed by atoms with van der Waals surface area (Å²) < 4.78 is 63.2. The fourth-order valence-corrected chi connectivity index (χ4v) is 12.0. The van der Waals surface area contributed by atoms with E-state index in [4.69, 9.17) is 66.7 Å². The molecule has 548 valence electrons. The van der Waals surface area contributed by atoms with Crippen LogP contribution in [-0.2, 0) is 41.5 Å². The normalized spacial score (nSPS) is 12.5. The van der Waals surface area contributed by atoms with Crippen LogP contribution in [0.5, 0.6) is 0 Å². The zero-order valence-corrected chi connectivity index (χ0v) is 64.9. The van der Waals surface area contributed by atoms with Crippen LogP contribution in [0.4, 0.5) is 47.7 Å². The Morgan fingerprint density at radius 2 is 1.06 bits per heavy atom. The van der Waals surface area contributed by atoms with Crippen molar-refractivity contribution in [3.05, 3.63) is 189 Å². The average Bonchev–Trinajstić information content (AvgIpc) is 1.73. The third kappa shape index (κ3) is 35.3. The minimum atomic E-state index is -1.09. The van der Waals surface area contributed by atoms with Crippen molar-refractivity contribution in [2.45, 2.75) is 117 Å². The van der Waals surface area contributed by atoms with E-state index in [1.54, 1.807) is 51.5 Å². The molecule has 0 bridgehead atoms. The standard InChI is InChI=1S/C16H14ClFN4O2S.C15H16ClFN2O3S.C10H8ClFN2S.C8H11BrN2O2S.C7H4ClFO.C6H8N2O3.C4H9.Li/c1-22-14(23)3-2-13(21-22)15(24)20-16-19-8-12(25-16)6-9-4-10(17)7-11(18)5-9;1-15(2,3)22-14(21)19-13-18-7-11(23-13)12(20)8-4-9(16)6-10(17)5-8;11-7-1-6(2-8(12)4-7)3-9-5-14-10(13)15-9;1-8(2,3)13-7(12)11-6-10-4-5(9)14-6;8-6-1-5(4-10)2-7(9)3-6;1-8-5(9)3-2-4(7-8)6(10)11;1-3-4-2;/h4-5,7-8H,2-3,6H2,1H3,(H,19,20,24);4-7,12,20H,1-3H3,(H,18,19,21);1-2,4-5H,3H2,(H2,13,14);4H,1-3H3,(H,10,11,12);1-4H;2-3H2,1H3,(H,10,11);1,3-4H2,2H3;/q;;;;;;-1;+1. The monoisotopic (exact) mass is 1640 g/mol. The van der Waals surface area contributed by atoms with Crippen molar-refractivity contribution < 1.29 is 89.7 Å². The number of thiazole rings is 4. The van der Waals surface area contributed by atoms with E-state index in [1.165, 1.54) is 108 Å². The third-order valence-electron chi connectivity index (χ3n) is 11.9. The van der Waals surface area contributed by atoms with E-state index >= 15 is 0 Å². The first kappa shape index (κ1) is 89.8. The molecule has 5 amide bonds. The number of ether oxygens (including phenoxy) is 2. The number of anilines is 4. The Morgan fingerprint density at radius 3 is 1.49 bits per heavy atom. The van der Waals surface area contributed by atoms with Crippen LogP contribution in [0.25, 0.3) is 0 Å². The van der Waals surface area contributed by atoms with Crippen LogP contribution in [0, 0.1) is 30.2 Å². The number of carboxylic acids is 1. The molecular formula is C66H70BrCl4F4LiN12O11S4. The summed E-state index contributed by atoms with van der Waals surface area (Å²) in [7, 11) is 2.96. The third-order valence-corrected chi connectivity index (χ3v) is 16.9. The maximum absolute atomic E-state index is 13.4. The number of hydrogen-bond donors (Lipinski definition) is 6. The Morgan fingerprint density at radius 1 is 0.631 bits per heavy atom. The number of nitrogens with one attached hydrogen (secondary N) is 3. The largest absolute Gasteiger partial charge is 1.00 e. The van der Waals surface area contributed by atoms with Gasteiger partial charge in [0.1, 0.15) is 58.3 Å². The predicted molar refractivity (Wildman–Crippen MR) is 396 cm³/mol. The predicted octanol–water partition coefficient (Wildman–Crippen LogP) is 14.4. The average molecular weight is 1640 g/mol. The first-order valence-corrected chi connectivity index (χ1v) is 35.6. The number of amides is 5. The van der Waals surface area contributed by atoms with Gasteiger partial charge in [-0.25, -0.2) is 61.9 Å². The molecule has 8 aromatic rings. The first-order chi connectivity index (χ1) is 47.8. The van der Waals surface area contributed by atoms with Crippen LogP contribution < -0.4 is 40.5 Å². The van der Waals surface area contributed by atoms with Crippen LogP contribution in [0.1, 0.15) is 135 Å². The minimum Gasteiger partial charge on any atom is -0.477 e. The van der Waals surface area contributed by atoms with E-state index in [-0.39, 0.29) is 93.8 Å². The molecule has 2 aliphatic rings. The van der Waals surface area contributed by atoms with Crippen molar-refractivity contribution in [2.24, 2.45) is 10.2 Å². The second kappa shape index (κ2) is 43.7. The van der Waals surface area contributed by atoms with Gasteiger partial charge in [0.2, 0.25) is 11.8 Å². The number of aliphatic hydroxyl groups is 1. The molecule has 0 fully saturated rings.